The molecule has 0 bridgehead atoms. The van der Waals surface area contributed by atoms with E-state index in [1.54, 1.807) is 34.4 Å². The highest BCUT2D eigenvalue weighted by Gasteiger charge is 2.25. The average molecular weight is 426 g/mol. The average Bonchev–Trinajstić information content (AvgIpc) is 3.41. The number of carbonyl (C=O) groups is 1. The van der Waals surface area contributed by atoms with Crippen LogP contribution in [0.5, 0.6) is 11.5 Å². The monoisotopic (exact) mass is 425 g/mol. The van der Waals surface area contributed by atoms with Crippen molar-refractivity contribution in [3.05, 3.63) is 47.0 Å². The SMILES string of the molecule is CCN(CC)CCN(C(=O)c1ccc2c(c1)OCO2)c1nc2c(C)ccc(C)c2s1. The van der Waals surface area contributed by atoms with Crippen molar-refractivity contribution in [3.63, 3.8) is 0 Å². The molecule has 1 aliphatic heterocycles. The molecule has 30 heavy (non-hydrogen) atoms. The summed E-state index contributed by atoms with van der Waals surface area (Å²) in [6.45, 7) is 11.9. The molecule has 7 heteroatoms. The highest BCUT2D eigenvalue weighted by molar-refractivity contribution is 7.22. The Bertz CT molecular complexity index is 1040. The molecule has 2 aromatic carbocycles. The molecule has 0 saturated carbocycles. The molecule has 0 saturated heterocycles. The highest BCUT2D eigenvalue weighted by atomic mass is 32.1. The van der Waals surface area contributed by atoms with Gasteiger partial charge < -0.3 is 14.4 Å². The van der Waals surface area contributed by atoms with E-state index >= 15 is 0 Å². The van der Waals surface area contributed by atoms with Gasteiger partial charge in [-0.2, -0.15) is 0 Å². The molecule has 0 aliphatic carbocycles. The molecule has 0 unspecified atom stereocenters. The fourth-order valence-corrected chi connectivity index (χ4v) is 4.75. The van der Waals surface area contributed by atoms with Crippen LogP contribution in [0.25, 0.3) is 10.2 Å². The van der Waals surface area contributed by atoms with E-state index in [1.807, 2.05) is 0 Å². The van der Waals surface area contributed by atoms with Gasteiger partial charge >= 0.3 is 0 Å². The normalized spacial score (nSPS) is 12.7. The summed E-state index contributed by atoms with van der Waals surface area (Å²) in [6, 6.07) is 9.55. The molecule has 0 spiro atoms. The van der Waals surface area contributed by atoms with Crippen molar-refractivity contribution in [2.45, 2.75) is 27.7 Å². The third-order valence-electron chi connectivity index (χ3n) is 5.56. The van der Waals surface area contributed by atoms with Gasteiger partial charge in [-0.15, -0.1) is 0 Å². The lowest BCUT2D eigenvalue weighted by molar-refractivity contribution is 0.0983. The first-order chi connectivity index (χ1) is 14.5. The standard InChI is InChI=1S/C23H27N3O3S/c1-5-25(6-2)11-12-26(22(27)17-9-10-18-19(13-17)29-14-28-18)23-24-20-15(3)7-8-16(4)21(20)30-23/h7-10,13H,5-6,11-12,14H2,1-4H3. The Labute approximate surface area is 181 Å². The number of hydrogen-bond donors (Lipinski definition) is 0. The van der Waals surface area contributed by atoms with Gasteiger partial charge in [-0.1, -0.05) is 37.3 Å². The summed E-state index contributed by atoms with van der Waals surface area (Å²) in [5.74, 6) is 1.21. The number of likely N-dealkylation sites (N-methyl/N-ethyl adjacent to an activating group) is 1. The second-order valence-corrected chi connectivity index (χ2v) is 8.40. The van der Waals surface area contributed by atoms with Crippen LogP contribution in [0.1, 0.15) is 35.3 Å². The maximum atomic E-state index is 13.6. The number of carbonyl (C=O) groups excluding carboxylic acids is 1. The van der Waals surface area contributed by atoms with Gasteiger partial charge in [-0.3, -0.25) is 9.69 Å². The first kappa shape index (κ1) is 20.6. The van der Waals surface area contributed by atoms with E-state index in [4.69, 9.17) is 14.5 Å². The van der Waals surface area contributed by atoms with Crippen LogP contribution in [0, 0.1) is 13.8 Å². The Morgan fingerprint density at radius 3 is 2.50 bits per heavy atom. The van der Waals surface area contributed by atoms with Crippen molar-refractivity contribution in [1.29, 1.82) is 0 Å². The van der Waals surface area contributed by atoms with Crippen LogP contribution < -0.4 is 14.4 Å². The van der Waals surface area contributed by atoms with E-state index < -0.39 is 0 Å². The number of nitrogens with zero attached hydrogens (tertiary/aromatic N) is 3. The molecule has 0 fully saturated rings. The molecular weight excluding hydrogens is 398 g/mol. The molecular formula is C23H27N3O3S. The number of benzene rings is 2. The molecule has 1 aromatic heterocycles. The van der Waals surface area contributed by atoms with Crippen molar-refractivity contribution in [1.82, 2.24) is 9.88 Å². The van der Waals surface area contributed by atoms with Crippen LogP contribution in [0.15, 0.2) is 30.3 Å². The number of thiazole rings is 1. The van der Waals surface area contributed by atoms with E-state index in [-0.39, 0.29) is 12.7 Å². The molecule has 6 nitrogen and oxygen atoms in total. The lowest BCUT2D eigenvalue weighted by Gasteiger charge is -2.24. The van der Waals surface area contributed by atoms with Gasteiger partial charge in [0, 0.05) is 18.7 Å². The molecule has 0 N–H and O–H groups in total. The van der Waals surface area contributed by atoms with E-state index in [0.717, 1.165) is 40.5 Å². The Kier molecular flexibility index (Phi) is 5.92. The summed E-state index contributed by atoms with van der Waals surface area (Å²) >= 11 is 1.58. The molecule has 0 atom stereocenters. The molecule has 4 rings (SSSR count). The molecule has 2 heterocycles. The van der Waals surface area contributed by atoms with Crippen molar-refractivity contribution in [2.24, 2.45) is 0 Å². The van der Waals surface area contributed by atoms with Gasteiger partial charge in [0.25, 0.3) is 5.91 Å². The second kappa shape index (κ2) is 8.62. The Balaban J connectivity index is 1.71. The summed E-state index contributed by atoms with van der Waals surface area (Å²) in [5.41, 5.74) is 3.85. The first-order valence-electron chi connectivity index (χ1n) is 10.3. The number of aromatic nitrogens is 1. The number of hydrogen-bond acceptors (Lipinski definition) is 6. The van der Waals surface area contributed by atoms with Gasteiger partial charge in [0.1, 0.15) is 0 Å². The van der Waals surface area contributed by atoms with Gasteiger partial charge in [0.05, 0.1) is 10.2 Å². The maximum Gasteiger partial charge on any atom is 0.260 e. The van der Waals surface area contributed by atoms with E-state index in [1.165, 1.54) is 5.56 Å². The lowest BCUT2D eigenvalue weighted by atomic mass is 10.1. The second-order valence-electron chi connectivity index (χ2n) is 7.43. The first-order valence-corrected chi connectivity index (χ1v) is 11.1. The highest BCUT2D eigenvalue weighted by Crippen LogP contribution is 2.36. The van der Waals surface area contributed by atoms with Crippen molar-refractivity contribution in [3.8, 4) is 11.5 Å². The summed E-state index contributed by atoms with van der Waals surface area (Å²) in [4.78, 5) is 22.5. The molecule has 158 valence electrons. The number of ether oxygens (including phenoxy) is 2. The lowest BCUT2D eigenvalue weighted by Crippen LogP contribution is -2.38. The van der Waals surface area contributed by atoms with Crippen molar-refractivity contribution >= 4 is 32.6 Å². The molecule has 0 radical (unpaired) electrons. The van der Waals surface area contributed by atoms with Crippen molar-refractivity contribution in [2.75, 3.05) is 37.9 Å². The van der Waals surface area contributed by atoms with Gasteiger partial charge in [0.15, 0.2) is 16.6 Å². The molecule has 1 aliphatic rings. The van der Waals surface area contributed by atoms with E-state index in [0.29, 0.717) is 23.6 Å². The van der Waals surface area contributed by atoms with Gasteiger partial charge in [-0.25, -0.2) is 4.98 Å². The minimum atomic E-state index is -0.0742. The van der Waals surface area contributed by atoms with Crippen LogP contribution in [0.3, 0.4) is 0 Å². The minimum Gasteiger partial charge on any atom is -0.454 e. The van der Waals surface area contributed by atoms with Crippen LogP contribution in [-0.2, 0) is 0 Å². The van der Waals surface area contributed by atoms with Crippen molar-refractivity contribution < 1.29 is 14.3 Å². The summed E-state index contributed by atoms with van der Waals surface area (Å²) in [6.07, 6.45) is 0. The number of rotatable bonds is 7. The largest absolute Gasteiger partial charge is 0.454 e. The third-order valence-corrected chi connectivity index (χ3v) is 6.77. The number of fused-ring (bicyclic) bond motifs is 2. The zero-order valence-electron chi connectivity index (χ0n) is 17.9. The third kappa shape index (κ3) is 3.87. The number of amides is 1. The molecule has 3 aromatic rings. The Hall–Kier alpha value is -2.64. The zero-order chi connectivity index (χ0) is 21.3. The van der Waals surface area contributed by atoms with E-state index in [2.05, 4.69) is 44.7 Å². The quantitative estimate of drug-likeness (QED) is 0.552. The van der Waals surface area contributed by atoms with Crippen LogP contribution in [0.4, 0.5) is 5.13 Å². The molecule has 1 amide bonds. The van der Waals surface area contributed by atoms with Gasteiger partial charge in [-0.05, 0) is 56.3 Å². The van der Waals surface area contributed by atoms with Crippen LogP contribution in [-0.4, -0.2) is 48.8 Å². The number of aryl methyl sites for hydroxylation is 2. The van der Waals surface area contributed by atoms with Crippen LogP contribution in [0.2, 0.25) is 0 Å². The predicted octanol–water partition coefficient (Wildman–Crippen LogP) is 4.63. The fourth-order valence-electron chi connectivity index (χ4n) is 3.61. The number of anilines is 1. The zero-order valence-corrected chi connectivity index (χ0v) is 18.7. The Morgan fingerprint density at radius 2 is 1.77 bits per heavy atom. The van der Waals surface area contributed by atoms with E-state index in [9.17, 15) is 4.79 Å². The summed E-state index contributed by atoms with van der Waals surface area (Å²) < 4.78 is 12.0. The Morgan fingerprint density at radius 1 is 1.03 bits per heavy atom. The van der Waals surface area contributed by atoms with Gasteiger partial charge in [0.2, 0.25) is 6.79 Å². The summed E-state index contributed by atoms with van der Waals surface area (Å²) in [5, 5.41) is 0.734. The predicted molar refractivity (Wildman–Crippen MR) is 121 cm³/mol. The summed E-state index contributed by atoms with van der Waals surface area (Å²) in [7, 11) is 0. The maximum absolute atomic E-state index is 13.6. The van der Waals surface area contributed by atoms with Crippen LogP contribution >= 0.6 is 11.3 Å². The fraction of sp³-hybridized carbons (Fsp3) is 0.391. The smallest absolute Gasteiger partial charge is 0.260 e. The minimum absolute atomic E-state index is 0.0742. The topological polar surface area (TPSA) is 54.9 Å².